The molecule has 1 aromatic carbocycles. The molecule has 5 heterocycles. The van der Waals surface area contributed by atoms with Crippen LogP contribution in [-0.2, 0) is 51.4 Å². The number of aromatic nitrogens is 4. The summed E-state index contributed by atoms with van der Waals surface area (Å²) in [5, 5.41) is 0. The average molecular weight is 730 g/mol. The molecule has 0 radical (unpaired) electrons. The molecule has 6 rings (SSSR count). The van der Waals surface area contributed by atoms with Gasteiger partial charge in [-0.25, -0.2) is 9.97 Å². The molecule has 254 valence electrons. The van der Waals surface area contributed by atoms with Crippen molar-refractivity contribution in [1.82, 2.24) is 19.9 Å². The summed E-state index contributed by atoms with van der Waals surface area (Å²) in [6.07, 6.45) is 9.42. The van der Waals surface area contributed by atoms with Crippen molar-refractivity contribution >= 4 is 69.0 Å². The van der Waals surface area contributed by atoms with Gasteiger partial charge in [-0.1, -0.05) is 89.5 Å². The van der Waals surface area contributed by atoms with Crippen molar-refractivity contribution in [2.45, 2.75) is 53.4 Å². The summed E-state index contributed by atoms with van der Waals surface area (Å²) in [5.74, 6) is -0.581. The number of benzene rings is 1. The number of carbonyl (C=O) groups excluding carboxylic acids is 2. The molecule has 0 amide bonds. The fourth-order valence-corrected chi connectivity index (χ4v) is 6.36. The first-order valence-electron chi connectivity index (χ1n) is 16.7. The fraction of sp³-hybridized carbons (Fsp3) is 0.238. The van der Waals surface area contributed by atoms with E-state index in [1.54, 1.807) is 0 Å². The summed E-state index contributed by atoms with van der Waals surface area (Å²) in [6, 6.07) is 16.2. The van der Waals surface area contributed by atoms with E-state index >= 15 is 0 Å². The molecule has 2 aliphatic heterocycles. The summed E-state index contributed by atoms with van der Waals surface area (Å²) < 4.78 is 9.92. The minimum absolute atomic E-state index is 0. The van der Waals surface area contributed by atoms with E-state index in [2.05, 4.69) is 37.8 Å². The van der Waals surface area contributed by atoms with Gasteiger partial charge in [0.1, 0.15) is 0 Å². The number of carbonyl (C=O) groups is 2. The van der Waals surface area contributed by atoms with Crippen LogP contribution in [0.25, 0.3) is 57.0 Å². The minimum Gasteiger partial charge on any atom is -0.657 e. The third kappa shape index (κ3) is 7.94. The number of nitrogens with zero attached hydrogens (tertiary/aromatic N) is 4. The summed E-state index contributed by atoms with van der Waals surface area (Å²) in [6.45, 7) is 12.0. The Balaban J connectivity index is 0.00000504. The zero-order valence-electron chi connectivity index (χ0n) is 30.1. The summed E-state index contributed by atoms with van der Waals surface area (Å²) in [7, 11) is 2.79. The first kappa shape index (κ1) is 37.1. The molecule has 2 aliphatic rings. The van der Waals surface area contributed by atoms with Crippen LogP contribution in [0.5, 0.6) is 0 Å². The molecule has 0 atom stereocenters. The Hall–Kier alpha value is -5.14. The monoisotopic (exact) mass is 728 g/mol. The molecule has 3 aromatic heterocycles. The normalized spacial score (nSPS) is 12.5. The fourth-order valence-electron chi connectivity index (χ4n) is 6.36. The molecule has 51 heavy (non-hydrogen) atoms. The Morgan fingerprint density at radius 1 is 0.706 bits per heavy atom. The Kier molecular flexibility index (Phi) is 11.5. The zero-order chi connectivity index (χ0) is 35.5. The molecule has 0 N–H and O–H groups in total. The molecule has 4 aromatic rings. The van der Waals surface area contributed by atoms with Crippen LogP contribution in [0.2, 0.25) is 0 Å². The van der Waals surface area contributed by atoms with Crippen molar-refractivity contribution < 1.29 is 38.5 Å². The van der Waals surface area contributed by atoms with Crippen LogP contribution >= 0.6 is 0 Å². The van der Waals surface area contributed by atoms with Crippen molar-refractivity contribution in [3.63, 3.8) is 0 Å². The van der Waals surface area contributed by atoms with Gasteiger partial charge in [0.05, 0.1) is 37.0 Å². The van der Waals surface area contributed by atoms with Crippen molar-refractivity contribution in [2.24, 2.45) is 0 Å². The van der Waals surface area contributed by atoms with E-state index in [9.17, 15) is 9.59 Å². The molecule has 0 saturated carbocycles. The van der Waals surface area contributed by atoms with E-state index in [-0.39, 0.29) is 44.3 Å². The zero-order valence-corrected chi connectivity index (χ0v) is 33.1. The van der Waals surface area contributed by atoms with Crippen LogP contribution in [0, 0.1) is 13.8 Å². The van der Waals surface area contributed by atoms with Gasteiger partial charge in [-0.15, -0.1) is 22.1 Å². The average Bonchev–Trinajstić information content (AvgIpc) is 3.80. The van der Waals surface area contributed by atoms with E-state index in [1.165, 1.54) is 14.2 Å². The van der Waals surface area contributed by atoms with Crippen LogP contribution in [-0.4, -0.2) is 36.1 Å². The van der Waals surface area contributed by atoms with E-state index < -0.39 is 0 Å². The van der Waals surface area contributed by atoms with Gasteiger partial charge in [0.25, 0.3) is 0 Å². The Labute approximate surface area is 311 Å². The third-order valence-corrected chi connectivity index (χ3v) is 9.43. The molecule has 0 unspecified atom stereocenters. The predicted octanol–water partition coefficient (Wildman–Crippen LogP) is 8.25. The number of hydrogen-bond donors (Lipinski definition) is 0. The second-order valence-electron chi connectivity index (χ2n) is 12.6. The Bertz CT molecular complexity index is 2290. The molecule has 0 aliphatic carbocycles. The van der Waals surface area contributed by atoms with Crippen LogP contribution in [0.1, 0.15) is 82.8 Å². The number of allylic oxidation sites excluding steroid dienone is 4. The van der Waals surface area contributed by atoms with Crippen LogP contribution in [0.15, 0.2) is 61.2 Å². The number of fused-ring (bicyclic) bond motifs is 8. The molecule has 8 bridgehead atoms. The van der Waals surface area contributed by atoms with Gasteiger partial charge in [-0.2, -0.15) is 0 Å². The first-order chi connectivity index (χ1) is 24.1. The Morgan fingerprint density at radius 3 is 1.84 bits per heavy atom. The van der Waals surface area contributed by atoms with Gasteiger partial charge in [0.15, 0.2) is 0 Å². The van der Waals surface area contributed by atoms with Crippen LogP contribution < -0.4 is 9.97 Å². The molecular formula is C42H40N4O4Zn. The number of aryl methyl sites for hydroxylation is 4. The van der Waals surface area contributed by atoms with Gasteiger partial charge in [0, 0.05) is 18.4 Å². The molecule has 0 spiro atoms. The SMILES string of the molecule is C=Cc1ccc(/C=C/C2=C(C)c3cc4[n-]c(cc5[n-]c(cc6nc(cc2n3)C(C)=C6)c(C)c5CCC(=O)OC)c(CCC(=O)OC)c4C)cc1.[Zn+2]. The second kappa shape index (κ2) is 15.8. The van der Waals surface area contributed by atoms with Gasteiger partial charge >= 0.3 is 31.4 Å². The number of methoxy groups -OCH3 is 2. The van der Waals surface area contributed by atoms with E-state index in [0.29, 0.717) is 12.8 Å². The van der Waals surface area contributed by atoms with Crippen molar-refractivity contribution in [1.29, 1.82) is 0 Å². The smallest absolute Gasteiger partial charge is 0.657 e. The molecule has 8 nitrogen and oxygen atoms in total. The molecular weight excluding hydrogens is 690 g/mol. The van der Waals surface area contributed by atoms with Gasteiger partial charge in [-0.3, -0.25) is 9.59 Å². The van der Waals surface area contributed by atoms with E-state index in [4.69, 9.17) is 29.4 Å². The minimum atomic E-state index is -0.292. The molecule has 0 fully saturated rings. The summed E-state index contributed by atoms with van der Waals surface area (Å²) >= 11 is 0. The van der Waals surface area contributed by atoms with E-state index in [0.717, 1.165) is 94.9 Å². The van der Waals surface area contributed by atoms with Crippen molar-refractivity contribution in [3.8, 4) is 0 Å². The van der Waals surface area contributed by atoms with Crippen LogP contribution in [0.4, 0.5) is 0 Å². The largest absolute Gasteiger partial charge is 2.00 e. The number of hydrogen-bond acceptors (Lipinski definition) is 6. The topological polar surface area (TPSA) is 107 Å². The summed E-state index contributed by atoms with van der Waals surface area (Å²) in [4.78, 5) is 44.7. The quantitative estimate of drug-likeness (QED) is 0.125. The van der Waals surface area contributed by atoms with Gasteiger partial charge in [-0.05, 0) is 75.0 Å². The number of ether oxygens (including phenoxy) is 2. The van der Waals surface area contributed by atoms with Crippen molar-refractivity contribution in [3.05, 3.63) is 117 Å². The second-order valence-corrected chi connectivity index (χ2v) is 12.6. The Morgan fingerprint density at radius 2 is 1.27 bits per heavy atom. The first-order valence-corrected chi connectivity index (χ1v) is 16.7. The predicted molar refractivity (Wildman–Crippen MR) is 201 cm³/mol. The van der Waals surface area contributed by atoms with Gasteiger partial charge in [0.2, 0.25) is 0 Å². The number of rotatable bonds is 9. The maximum Gasteiger partial charge on any atom is 2.00 e. The standard InChI is InChI=1S/C42H40N4O4.Zn/c1-8-28-9-11-29(12-10-28)13-14-31-26(4)36-22-37-27(5)33(16-18-42(48)50-7)40(46-37)23-39-32(15-17-41(47)49-6)25(3)35(44-39)20-30-19-24(2)34(43-30)21-38(31)45-36;/h8-14,19-23H,1,15-18H2,2-7H3;/q-2;+2/b14-13+,30-20?,34-21?,35-20?,36-22?,37-22?,38-21?,39-23?,40-23?;. The summed E-state index contributed by atoms with van der Waals surface area (Å²) in [5.41, 5.74) is 15.2. The maximum absolute atomic E-state index is 12.3. The van der Waals surface area contributed by atoms with E-state index in [1.807, 2.05) is 69.3 Å². The van der Waals surface area contributed by atoms with Gasteiger partial charge < -0.3 is 19.4 Å². The number of esters is 2. The maximum atomic E-state index is 12.3. The van der Waals surface area contributed by atoms with Crippen LogP contribution in [0.3, 0.4) is 0 Å². The van der Waals surface area contributed by atoms with Crippen molar-refractivity contribution in [2.75, 3.05) is 14.2 Å². The third-order valence-electron chi connectivity index (χ3n) is 9.43. The molecule has 9 heteroatoms. The molecule has 0 saturated heterocycles.